The van der Waals surface area contributed by atoms with Crippen molar-refractivity contribution in [3.05, 3.63) is 52.0 Å². The number of thiophene rings is 1. The fourth-order valence-corrected chi connectivity index (χ4v) is 2.78. The lowest BCUT2D eigenvalue weighted by Crippen LogP contribution is -2.30. The van der Waals surface area contributed by atoms with E-state index in [0.29, 0.717) is 11.7 Å². The number of likely N-dealkylation sites (N-methyl/N-ethyl adjacent to an activating group) is 1. The predicted octanol–water partition coefficient (Wildman–Crippen LogP) is 3.08. The molecule has 2 aromatic heterocycles. The molecule has 98 valence electrons. The highest BCUT2D eigenvalue weighted by Gasteiger charge is 2.11. The van der Waals surface area contributed by atoms with Crippen LogP contribution < -0.4 is 0 Å². The van der Waals surface area contributed by atoms with Crippen LogP contribution in [0.25, 0.3) is 0 Å². The number of aromatic nitrogens is 1. The van der Waals surface area contributed by atoms with Gasteiger partial charge in [-0.3, -0.25) is 4.90 Å². The highest BCUT2D eigenvalue weighted by atomic mass is 32.1. The molecule has 0 bridgehead atoms. The molecule has 4 heteroatoms. The fourth-order valence-electron chi connectivity index (χ4n) is 1.95. The van der Waals surface area contributed by atoms with Crippen LogP contribution in [-0.2, 0) is 13.0 Å². The predicted molar refractivity (Wildman–Crippen MR) is 77.9 cm³/mol. The molecule has 3 nitrogen and oxygen atoms in total. The van der Waals surface area contributed by atoms with Gasteiger partial charge in [-0.2, -0.15) is 5.26 Å². The summed E-state index contributed by atoms with van der Waals surface area (Å²) in [5, 5.41) is 11.0. The third kappa shape index (κ3) is 3.88. The van der Waals surface area contributed by atoms with E-state index < -0.39 is 0 Å². The van der Waals surface area contributed by atoms with Gasteiger partial charge >= 0.3 is 0 Å². The Hall–Kier alpha value is -1.70. The molecule has 19 heavy (non-hydrogen) atoms. The van der Waals surface area contributed by atoms with Gasteiger partial charge in [0.15, 0.2) is 0 Å². The molecule has 0 aliphatic rings. The van der Waals surface area contributed by atoms with Crippen molar-refractivity contribution in [2.75, 3.05) is 7.05 Å². The normalized spacial score (nSPS) is 12.3. The van der Waals surface area contributed by atoms with Crippen molar-refractivity contribution in [2.24, 2.45) is 0 Å². The molecule has 2 aromatic rings. The third-order valence-corrected chi connectivity index (χ3v) is 4.10. The Kier molecular flexibility index (Phi) is 4.67. The maximum atomic E-state index is 8.85. The highest BCUT2D eigenvalue weighted by molar-refractivity contribution is 7.09. The summed E-state index contributed by atoms with van der Waals surface area (Å²) in [6.07, 6.45) is 2.76. The average molecular weight is 271 g/mol. The lowest BCUT2D eigenvalue weighted by Gasteiger charge is -2.24. The minimum atomic E-state index is 0.470. The van der Waals surface area contributed by atoms with Crippen molar-refractivity contribution in [1.29, 1.82) is 5.26 Å². The minimum Gasteiger partial charge on any atom is -0.299 e. The molecular weight excluding hydrogens is 254 g/mol. The van der Waals surface area contributed by atoms with Crippen LogP contribution in [0.3, 0.4) is 0 Å². The van der Waals surface area contributed by atoms with Gasteiger partial charge in [-0.05, 0) is 49.5 Å². The smallest absolute Gasteiger partial charge is 0.140 e. The molecule has 1 atom stereocenters. The maximum absolute atomic E-state index is 8.85. The van der Waals surface area contributed by atoms with Crippen molar-refractivity contribution in [1.82, 2.24) is 9.88 Å². The van der Waals surface area contributed by atoms with Crippen LogP contribution in [0.1, 0.15) is 23.1 Å². The second-order valence-corrected chi connectivity index (χ2v) is 5.74. The molecule has 2 heterocycles. The van der Waals surface area contributed by atoms with Gasteiger partial charge in [-0.25, -0.2) is 4.98 Å². The first-order valence-electron chi connectivity index (χ1n) is 6.26. The summed E-state index contributed by atoms with van der Waals surface area (Å²) >= 11 is 1.80. The largest absolute Gasteiger partial charge is 0.299 e. The Bertz CT molecular complexity index is 557. The zero-order valence-electron chi connectivity index (χ0n) is 11.2. The molecule has 0 amide bonds. The molecule has 0 fully saturated rings. The molecule has 0 aliphatic heterocycles. The second-order valence-electron chi connectivity index (χ2n) is 4.71. The topological polar surface area (TPSA) is 39.9 Å². The van der Waals surface area contributed by atoms with Crippen LogP contribution in [0.2, 0.25) is 0 Å². The summed E-state index contributed by atoms with van der Waals surface area (Å²) in [6, 6.07) is 10.6. The van der Waals surface area contributed by atoms with Crippen LogP contribution in [0, 0.1) is 11.3 Å². The van der Waals surface area contributed by atoms with Gasteiger partial charge in [0, 0.05) is 23.7 Å². The maximum Gasteiger partial charge on any atom is 0.140 e. The zero-order valence-corrected chi connectivity index (χ0v) is 12.0. The molecule has 0 N–H and O–H groups in total. The number of nitrogens with zero attached hydrogens (tertiary/aromatic N) is 3. The van der Waals surface area contributed by atoms with Crippen LogP contribution in [0.5, 0.6) is 0 Å². The first-order chi connectivity index (χ1) is 9.19. The monoisotopic (exact) mass is 271 g/mol. The molecule has 0 radical (unpaired) electrons. The zero-order chi connectivity index (χ0) is 13.7. The number of hydrogen-bond donors (Lipinski definition) is 0. The summed E-state index contributed by atoms with van der Waals surface area (Å²) in [5.74, 6) is 0. The number of rotatable bonds is 5. The summed E-state index contributed by atoms with van der Waals surface area (Å²) in [6.45, 7) is 3.07. The van der Waals surface area contributed by atoms with Crippen molar-refractivity contribution >= 4 is 11.3 Å². The van der Waals surface area contributed by atoms with Crippen LogP contribution in [0.15, 0.2) is 35.8 Å². The quantitative estimate of drug-likeness (QED) is 0.839. The molecule has 0 spiro atoms. The van der Waals surface area contributed by atoms with Crippen molar-refractivity contribution < 1.29 is 0 Å². The lowest BCUT2D eigenvalue weighted by atomic mass is 10.1. The van der Waals surface area contributed by atoms with Gasteiger partial charge in [0.05, 0.1) is 0 Å². The summed E-state index contributed by atoms with van der Waals surface area (Å²) in [4.78, 5) is 7.70. The minimum absolute atomic E-state index is 0.470. The third-order valence-electron chi connectivity index (χ3n) is 3.20. The van der Waals surface area contributed by atoms with Crippen molar-refractivity contribution in [3.63, 3.8) is 0 Å². The molecule has 0 saturated heterocycles. The lowest BCUT2D eigenvalue weighted by molar-refractivity contribution is 0.249. The molecule has 0 aliphatic carbocycles. The second kappa shape index (κ2) is 6.46. The molecule has 0 saturated carbocycles. The number of hydrogen-bond acceptors (Lipinski definition) is 4. The van der Waals surface area contributed by atoms with E-state index in [0.717, 1.165) is 18.5 Å². The fraction of sp³-hybridized carbons (Fsp3) is 0.333. The van der Waals surface area contributed by atoms with E-state index >= 15 is 0 Å². The van der Waals surface area contributed by atoms with E-state index in [2.05, 4.69) is 47.4 Å². The van der Waals surface area contributed by atoms with E-state index in [1.165, 1.54) is 4.88 Å². The van der Waals surface area contributed by atoms with Crippen molar-refractivity contribution in [3.8, 4) is 6.07 Å². The van der Waals surface area contributed by atoms with E-state index in [1.54, 1.807) is 17.5 Å². The number of nitriles is 1. The summed E-state index contributed by atoms with van der Waals surface area (Å²) < 4.78 is 0. The Morgan fingerprint density at radius 1 is 1.47 bits per heavy atom. The molecular formula is C15H17N3S. The van der Waals surface area contributed by atoms with Crippen LogP contribution in [-0.4, -0.2) is 23.0 Å². The Balaban J connectivity index is 1.96. The average Bonchev–Trinajstić information content (AvgIpc) is 2.91. The van der Waals surface area contributed by atoms with E-state index in [1.807, 2.05) is 12.1 Å². The molecule has 2 rings (SSSR count). The van der Waals surface area contributed by atoms with E-state index in [4.69, 9.17) is 5.26 Å². The number of pyridine rings is 1. The SMILES string of the molecule is CC(Cc1cccs1)N(C)Cc1ccnc(C#N)c1. The van der Waals surface area contributed by atoms with Gasteiger partial charge in [-0.1, -0.05) is 6.07 Å². The Morgan fingerprint density at radius 2 is 2.32 bits per heavy atom. The Labute approximate surface area is 118 Å². The van der Waals surface area contributed by atoms with Gasteiger partial charge < -0.3 is 0 Å². The molecule has 1 unspecified atom stereocenters. The standard InChI is InChI=1S/C15H17N3S/c1-12(8-15-4-3-7-19-15)18(2)11-13-5-6-17-14(9-13)10-16/h3-7,9,12H,8,11H2,1-2H3. The van der Waals surface area contributed by atoms with Crippen LogP contribution in [0.4, 0.5) is 0 Å². The highest BCUT2D eigenvalue weighted by Crippen LogP contribution is 2.15. The van der Waals surface area contributed by atoms with Crippen LogP contribution >= 0.6 is 11.3 Å². The van der Waals surface area contributed by atoms with Gasteiger partial charge in [-0.15, -0.1) is 11.3 Å². The summed E-state index contributed by atoms with van der Waals surface area (Å²) in [5.41, 5.74) is 1.61. The molecule has 0 aromatic carbocycles. The van der Waals surface area contributed by atoms with Gasteiger partial charge in [0.25, 0.3) is 0 Å². The van der Waals surface area contributed by atoms with E-state index in [-0.39, 0.29) is 0 Å². The first-order valence-corrected chi connectivity index (χ1v) is 7.14. The first kappa shape index (κ1) is 13.7. The van der Waals surface area contributed by atoms with E-state index in [9.17, 15) is 0 Å². The van der Waals surface area contributed by atoms with Gasteiger partial charge in [0.2, 0.25) is 0 Å². The Morgan fingerprint density at radius 3 is 3.00 bits per heavy atom. The van der Waals surface area contributed by atoms with Gasteiger partial charge in [0.1, 0.15) is 11.8 Å². The summed E-state index contributed by atoms with van der Waals surface area (Å²) in [7, 11) is 2.12. The van der Waals surface area contributed by atoms with Crippen molar-refractivity contribution in [2.45, 2.75) is 25.9 Å².